The van der Waals surface area contributed by atoms with E-state index in [4.69, 9.17) is 0 Å². The quantitative estimate of drug-likeness (QED) is 0.840. The molecular weight excluding hydrogens is 314 g/mol. The van der Waals surface area contributed by atoms with Crippen molar-refractivity contribution in [1.82, 2.24) is 0 Å². The van der Waals surface area contributed by atoms with Crippen LogP contribution in [0.3, 0.4) is 0 Å². The van der Waals surface area contributed by atoms with Crippen LogP contribution in [-0.2, 0) is 4.79 Å². The van der Waals surface area contributed by atoms with Gasteiger partial charge in [0.05, 0.1) is 13.0 Å². The van der Waals surface area contributed by atoms with Gasteiger partial charge in [0, 0.05) is 18.8 Å². The SMILES string of the molecule is C[C@@H]1CCC[N+]1(C(=O)O)C(=O)CC(c1ccccc1)c1ccccc1. The lowest BCUT2D eigenvalue weighted by Gasteiger charge is -2.31. The molecule has 2 aromatic carbocycles. The van der Waals surface area contributed by atoms with Crippen LogP contribution in [0.4, 0.5) is 4.79 Å². The Balaban J connectivity index is 1.95. The van der Waals surface area contributed by atoms with E-state index in [-0.39, 0.29) is 24.3 Å². The molecule has 4 heteroatoms. The Bertz CT molecular complexity index is 705. The molecule has 2 aromatic rings. The van der Waals surface area contributed by atoms with Crippen molar-refractivity contribution in [1.29, 1.82) is 0 Å². The summed E-state index contributed by atoms with van der Waals surface area (Å²) in [5, 5.41) is 9.81. The van der Waals surface area contributed by atoms with Crippen molar-refractivity contribution in [2.45, 2.75) is 38.1 Å². The maximum absolute atomic E-state index is 13.2. The van der Waals surface area contributed by atoms with Gasteiger partial charge in [0.2, 0.25) is 0 Å². The molecule has 1 N–H and O–H groups in total. The highest BCUT2D eigenvalue weighted by Gasteiger charge is 2.53. The van der Waals surface area contributed by atoms with Gasteiger partial charge in [-0.3, -0.25) is 0 Å². The number of carbonyl (C=O) groups is 2. The smallest absolute Gasteiger partial charge is 0.435 e. The van der Waals surface area contributed by atoms with Crippen LogP contribution in [0.2, 0.25) is 0 Å². The number of nitrogens with zero attached hydrogens (tertiary/aromatic N) is 1. The molecule has 0 aromatic heterocycles. The second-order valence-electron chi connectivity index (χ2n) is 6.84. The third-order valence-electron chi connectivity index (χ3n) is 5.45. The number of carbonyl (C=O) groups excluding carboxylic acids is 1. The number of quaternary nitrogens is 1. The highest BCUT2D eigenvalue weighted by molar-refractivity contribution is 5.81. The average Bonchev–Trinajstić information content (AvgIpc) is 3.03. The van der Waals surface area contributed by atoms with E-state index in [1.807, 2.05) is 67.6 Å². The van der Waals surface area contributed by atoms with Gasteiger partial charge in [0.1, 0.15) is 6.04 Å². The molecule has 1 unspecified atom stereocenters. The lowest BCUT2D eigenvalue weighted by Crippen LogP contribution is -2.58. The van der Waals surface area contributed by atoms with Crippen LogP contribution in [0, 0.1) is 0 Å². The Kier molecular flexibility index (Phi) is 5.00. The molecule has 1 aliphatic heterocycles. The first-order valence-corrected chi connectivity index (χ1v) is 8.80. The molecule has 2 amide bonds. The maximum atomic E-state index is 13.2. The fourth-order valence-corrected chi connectivity index (χ4v) is 3.97. The predicted octanol–water partition coefficient (Wildman–Crippen LogP) is 4.41. The number of benzene rings is 2. The van der Waals surface area contributed by atoms with E-state index in [1.165, 1.54) is 0 Å². The van der Waals surface area contributed by atoms with Crippen molar-refractivity contribution in [2.24, 2.45) is 0 Å². The molecular formula is C21H24NO3+. The van der Waals surface area contributed by atoms with Crippen molar-refractivity contribution in [3.63, 3.8) is 0 Å². The van der Waals surface area contributed by atoms with Crippen LogP contribution in [0.15, 0.2) is 60.7 Å². The van der Waals surface area contributed by atoms with E-state index in [2.05, 4.69) is 0 Å². The molecule has 0 radical (unpaired) electrons. The van der Waals surface area contributed by atoms with Crippen LogP contribution in [0.5, 0.6) is 0 Å². The zero-order chi connectivity index (χ0) is 17.9. The van der Waals surface area contributed by atoms with Crippen molar-refractivity contribution in [3.05, 3.63) is 71.8 Å². The molecule has 0 spiro atoms. The minimum atomic E-state index is -1.02. The normalized spacial score (nSPS) is 22.9. The molecule has 1 saturated heterocycles. The average molecular weight is 338 g/mol. The number of carboxylic acid groups (broad SMARTS) is 1. The molecule has 3 rings (SSSR count). The maximum Gasteiger partial charge on any atom is 0.521 e. The van der Waals surface area contributed by atoms with Gasteiger partial charge < -0.3 is 5.11 Å². The summed E-state index contributed by atoms with van der Waals surface area (Å²) in [6.07, 6.45) is 0.736. The molecule has 2 atom stereocenters. The van der Waals surface area contributed by atoms with E-state index < -0.39 is 10.6 Å². The monoisotopic (exact) mass is 338 g/mol. The first-order chi connectivity index (χ1) is 12.1. The first-order valence-electron chi connectivity index (χ1n) is 8.80. The molecule has 1 fully saturated rings. The van der Waals surface area contributed by atoms with E-state index in [1.54, 1.807) is 0 Å². The predicted molar refractivity (Wildman–Crippen MR) is 96.2 cm³/mol. The summed E-state index contributed by atoms with van der Waals surface area (Å²) in [6, 6.07) is 19.6. The van der Waals surface area contributed by atoms with Gasteiger partial charge in [-0.2, -0.15) is 9.28 Å². The van der Waals surface area contributed by atoms with E-state index in [0.29, 0.717) is 6.54 Å². The zero-order valence-corrected chi connectivity index (χ0v) is 14.5. The van der Waals surface area contributed by atoms with Crippen LogP contribution in [0.25, 0.3) is 0 Å². The fraction of sp³-hybridized carbons (Fsp3) is 0.333. The summed E-state index contributed by atoms with van der Waals surface area (Å²) in [6.45, 7) is 2.27. The Morgan fingerprint density at radius 3 is 1.96 bits per heavy atom. The zero-order valence-electron chi connectivity index (χ0n) is 14.5. The molecule has 1 heterocycles. The fourth-order valence-electron chi connectivity index (χ4n) is 3.97. The van der Waals surface area contributed by atoms with Gasteiger partial charge in [-0.15, -0.1) is 0 Å². The summed E-state index contributed by atoms with van der Waals surface area (Å²) in [5.41, 5.74) is 2.08. The van der Waals surface area contributed by atoms with Gasteiger partial charge in [0.15, 0.2) is 0 Å². The number of likely N-dealkylation sites (tertiary alicyclic amines) is 1. The number of rotatable bonds is 4. The number of hydrogen-bond donors (Lipinski definition) is 1. The van der Waals surface area contributed by atoms with Crippen LogP contribution >= 0.6 is 0 Å². The highest BCUT2D eigenvalue weighted by atomic mass is 16.4. The lowest BCUT2D eigenvalue weighted by atomic mass is 9.87. The second-order valence-corrected chi connectivity index (χ2v) is 6.84. The Labute approximate surface area is 148 Å². The van der Waals surface area contributed by atoms with Gasteiger partial charge in [0.25, 0.3) is 0 Å². The van der Waals surface area contributed by atoms with Crippen LogP contribution in [0.1, 0.15) is 43.2 Å². The minimum absolute atomic E-state index is 0.128. The van der Waals surface area contributed by atoms with Crippen LogP contribution in [-0.4, -0.2) is 34.2 Å². The molecule has 130 valence electrons. The van der Waals surface area contributed by atoms with E-state index >= 15 is 0 Å². The Morgan fingerprint density at radius 1 is 1.04 bits per heavy atom. The molecule has 4 nitrogen and oxygen atoms in total. The van der Waals surface area contributed by atoms with Crippen molar-refractivity contribution < 1.29 is 19.2 Å². The molecule has 1 aliphatic rings. The molecule has 0 saturated carbocycles. The lowest BCUT2D eigenvalue weighted by molar-refractivity contribution is -0.792. The van der Waals surface area contributed by atoms with Crippen molar-refractivity contribution >= 4 is 12.0 Å². The topological polar surface area (TPSA) is 54.4 Å². The van der Waals surface area contributed by atoms with E-state index in [0.717, 1.165) is 24.0 Å². The minimum Gasteiger partial charge on any atom is -0.435 e. The van der Waals surface area contributed by atoms with Gasteiger partial charge >= 0.3 is 12.0 Å². The van der Waals surface area contributed by atoms with Crippen molar-refractivity contribution in [2.75, 3.05) is 6.54 Å². The highest BCUT2D eigenvalue weighted by Crippen LogP contribution is 2.34. The number of hydrogen-bond acceptors (Lipinski definition) is 2. The van der Waals surface area contributed by atoms with Crippen molar-refractivity contribution in [3.8, 4) is 0 Å². The summed E-state index contributed by atoms with van der Waals surface area (Å²) in [7, 11) is 0. The number of amides is 2. The Hall–Kier alpha value is -2.46. The summed E-state index contributed by atoms with van der Waals surface area (Å²) in [4.78, 5) is 25.1. The third-order valence-corrected chi connectivity index (χ3v) is 5.45. The molecule has 0 bridgehead atoms. The van der Waals surface area contributed by atoms with Crippen LogP contribution < -0.4 is 0 Å². The summed E-state index contributed by atoms with van der Waals surface area (Å²) in [5.74, 6) is -0.327. The van der Waals surface area contributed by atoms with Gasteiger partial charge in [-0.25, -0.2) is 4.79 Å². The van der Waals surface area contributed by atoms with Gasteiger partial charge in [-0.1, -0.05) is 60.7 Å². The summed E-state index contributed by atoms with van der Waals surface area (Å²) >= 11 is 0. The third kappa shape index (κ3) is 3.22. The van der Waals surface area contributed by atoms with E-state index in [9.17, 15) is 14.7 Å². The molecule has 0 aliphatic carbocycles. The molecule has 25 heavy (non-hydrogen) atoms. The second kappa shape index (κ2) is 7.19. The summed E-state index contributed by atoms with van der Waals surface area (Å²) < 4.78 is -0.434. The largest absolute Gasteiger partial charge is 0.521 e. The van der Waals surface area contributed by atoms with Gasteiger partial charge in [-0.05, 0) is 18.1 Å². The number of imide groups is 1. The first kappa shape index (κ1) is 17.4. The standard InChI is InChI=1S/C21H23NO3/c1-16-9-8-14-22(16,21(24)25)20(23)15-19(17-10-4-2-5-11-17)18-12-6-3-7-13-18/h2-7,10-13,16,19H,8-9,14-15H2,1H3/p+1/t16-,22?/m1/s1. The Morgan fingerprint density at radius 2 is 1.56 bits per heavy atom.